The maximum absolute atomic E-state index is 10.1. The fourth-order valence-corrected chi connectivity index (χ4v) is 0.679. The van der Waals surface area contributed by atoms with E-state index in [2.05, 4.69) is 0 Å². The standard InChI is InChI=1S/C4Cl2O2.2ClH/c5-1-2(6)4(8)3(1)7;;/h;2*1H. The van der Waals surface area contributed by atoms with Gasteiger partial charge in [0, 0.05) is 0 Å². The molecule has 0 heterocycles. The molecule has 0 aliphatic heterocycles. The van der Waals surface area contributed by atoms with Crippen LogP contribution in [-0.4, -0.2) is 0 Å². The number of halogens is 4. The second-order valence-electron chi connectivity index (χ2n) is 1.29. The maximum Gasteiger partial charge on any atom is 0.247 e. The van der Waals surface area contributed by atoms with Crippen LogP contribution < -0.4 is 10.9 Å². The highest BCUT2D eigenvalue weighted by Crippen LogP contribution is 2.12. The molecule has 0 saturated carbocycles. The van der Waals surface area contributed by atoms with Crippen LogP contribution in [-0.2, 0) is 0 Å². The van der Waals surface area contributed by atoms with E-state index in [0.717, 1.165) is 0 Å². The fraction of sp³-hybridized carbons (Fsp3) is 0. The quantitative estimate of drug-likeness (QED) is 0.624. The minimum absolute atomic E-state index is 0. The predicted molar refractivity (Wildman–Crippen MR) is 45.9 cm³/mol. The first-order valence-corrected chi connectivity index (χ1v) is 2.54. The fourth-order valence-electron chi connectivity index (χ4n) is 0.336. The Morgan fingerprint density at radius 2 is 1.00 bits per heavy atom. The third kappa shape index (κ3) is 1.64. The Morgan fingerprint density at radius 1 is 0.800 bits per heavy atom. The molecule has 58 valence electrons. The average Bonchev–Trinajstić information content (AvgIpc) is 1.83. The molecule has 0 aromatic heterocycles. The lowest BCUT2D eigenvalue weighted by molar-refractivity contribution is 1.42. The minimum Gasteiger partial charge on any atom is -0.284 e. The van der Waals surface area contributed by atoms with Crippen LogP contribution in [0.3, 0.4) is 0 Å². The smallest absolute Gasteiger partial charge is 0.247 e. The second-order valence-corrected chi connectivity index (χ2v) is 2.04. The first-order valence-electron chi connectivity index (χ1n) is 1.79. The van der Waals surface area contributed by atoms with Gasteiger partial charge in [0.15, 0.2) is 0 Å². The van der Waals surface area contributed by atoms with Gasteiger partial charge >= 0.3 is 0 Å². The summed E-state index contributed by atoms with van der Waals surface area (Å²) in [5, 5.41) is -0.284. The molecule has 2 nitrogen and oxygen atoms in total. The van der Waals surface area contributed by atoms with Crippen LogP contribution in [0.1, 0.15) is 0 Å². The van der Waals surface area contributed by atoms with E-state index >= 15 is 0 Å². The van der Waals surface area contributed by atoms with Gasteiger partial charge in [0.25, 0.3) is 0 Å². The molecule has 6 heteroatoms. The molecule has 0 aliphatic carbocycles. The highest BCUT2D eigenvalue weighted by atomic mass is 35.5. The summed E-state index contributed by atoms with van der Waals surface area (Å²) in [5.41, 5.74) is -1.37. The molecular weight excluding hydrogens is 222 g/mol. The molecule has 0 amide bonds. The molecule has 0 atom stereocenters. The van der Waals surface area contributed by atoms with Crippen LogP contribution in [0.2, 0.25) is 10.0 Å². The van der Waals surface area contributed by atoms with E-state index in [1.807, 2.05) is 0 Å². The molecule has 1 aromatic carbocycles. The third-order valence-corrected chi connectivity index (χ3v) is 1.62. The van der Waals surface area contributed by atoms with E-state index in [1.54, 1.807) is 0 Å². The van der Waals surface area contributed by atoms with Gasteiger partial charge in [-0.3, -0.25) is 9.59 Å². The van der Waals surface area contributed by atoms with Crippen LogP contribution in [0.4, 0.5) is 0 Å². The topological polar surface area (TPSA) is 34.1 Å². The summed E-state index contributed by atoms with van der Waals surface area (Å²) in [7, 11) is 0. The molecule has 0 spiro atoms. The highest BCUT2D eigenvalue weighted by molar-refractivity contribution is 6.43. The Kier molecular flexibility index (Phi) is 5.39. The largest absolute Gasteiger partial charge is 0.284 e. The van der Waals surface area contributed by atoms with Crippen molar-refractivity contribution in [1.29, 1.82) is 0 Å². The zero-order valence-corrected chi connectivity index (χ0v) is 7.53. The first-order chi connectivity index (χ1) is 3.64. The summed E-state index contributed by atoms with van der Waals surface area (Å²) in [6.07, 6.45) is 0. The Bertz CT molecular complexity index is 255. The average molecular weight is 224 g/mol. The van der Waals surface area contributed by atoms with E-state index < -0.39 is 10.9 Å². The van der Waals surface area contributed by atoms with Crippen molar-refractivity contribution in [3.8, 4) is 0 Å². The minimum atomic E-state index is -0.684. The Balaban J connectivity index is 0. The number of hydrogen-bond acceptors (Lipinski definition) is 2. The van der Waals surface area contributed by atoms with Gasteiger partial charge in [0.2, 0.25) is 10.9 Å². The van der Waals surface area contributed by atoms with Gasteiger partial charge in [-0.1, -0.05) is 23.2 Å². The lowest BCUT2D eigenvalue weighted by atomic mass is 10.3. The van der Waals surface area contributed by atoms with Gasteiger partial charge in [-0.2, -0.15) is 0 Å². The number of rotatable bonds is 0. The van der Waals surface area contributed by atoms with Crippen molar-refractivity contribution in [3.05, 3.63) is 30.5 Å². The summed E-state index contributed by atoms with van der Waals surface area (Å²) in [6, 6.07) is 0. The molecule has 10 heavy (non-hydrogen) atoms. The zero-order valence-electron chi connectivity index (χ0n) is 4.39. The van der Waals surface area contributed by atoms with Gasteiger partial charge < -0.3 is 0 Å². The van der Waals surface area contributed by atoms with E-state index in [1.165, 1.54) is 0 Å². The Morgan fingerprint density at radius 3 is 1.10 bits per heavy atom. The lowest BCUT2D eigenvalue weighted by Crippen LogP contribution is -2.31. The molecule has 0 aliphatic rings. The van der Waals surface area contributed by atoms with Crippen molar-refractivity contribution in [2.45, 2.75) is 0 Å². The molecule has 0 unspecified atom stereocenters. The van der Waals surface area contributed by atoms with Crippen LogP contribution >= 0.6 is 48.0 Å². The van der Waals surface area contributed by atoms with Gasteiger partial charge in [-0.05, 0) is 0 Å². The van der Waals surface area contributed by atoms with E-state index in [0.29, 0.717) is 0 Å². The van der Waals surface area contributed by atoms with E-state index in [4.69, 9.17) is 23.2 Å². The van der Waals surface area contributed by atoms with Crippen molar-refractivity contribution < 1.29 is 0 Å². The van der Waals surface area contributed by atoms with Gasteiger partial charge in [-0.15, -0.1) is 24.8 Å². The normalized spacial score (nSPS) is 8.20. The predicted octanol–water partition coefficient (Wildman–Crippen LogP) is 1.43. The van der Waals surface area contributed by atoms with Crippen molar-refractivity contribution in [2.24, 2.45) is 0 Å². The van der Waals surface area contributed by atoms with Crippen LogP contribution in [0.15, 0.2) is 9.59 Å². The van der Waals surface area contributed by atoms with E-state index in [9.17, 15) is 9.59 Å². The van der Waals surface area contributed by atoms with Gasteiger partial charge in [0.05, 0.1) is 0 Å². The highest BCUT2D eigenvalue weighted by Gasteiger charge is 2.15. The summed E-state index contributed by atoms with van der Waals surface area (Å²) < 4.78 is 0. The summed E-state index contributed by atoms with van der Waals surface area (Å²) in [6.45, 7) is 0. The molecule has 0 bridgehead atoms. The lowest BCUT2D eigenvalue weighted by Gasteiger charge is -1.90. The van der Waals surface area contributed by atoms with Gasteiger partial charge in [0.1, 0.15) is 10.0 Å². The summed E-state index contributed by atoms with van der Waals surface area (Å²) in [4.78, 5) is 20.3. The Hall–Kier alpha value is 0.240. The molecule has 1 rings (SSSR count). The Labute approximate surface area is 78.6 Å². The molecule has 0 N–H and O–H groups in total. The van der Waals surface area contributed by atoms with Crippen molar-refractivity contribution in [2.75, 3.05) is 0 Å². The second kappa shape index (κ2) is 4.19. The summed E-state index contributed by atoms with van der Waals surface area (Å²) >= 11 is 10.2. The SMILES string of the molecule is Cl.Cl.O=c1c(Cl)c(Cl)c1=O. The molecule has 1 aromatic rings. The summed E-state index contributed by atoms with van der Waals surface area (Å²) in [5.74, 6) is 0. The molecule has 0 saturated heterocycles. The van der Waals surface area contributed by atoms with Crippen molar-refractivity contribution in [3.63, 3.8) is 0 Å². The molecule has 0 fully saturated rings. The van der Waals surface area contributed by atoms with Gasteiger partial charge in [-0.25, -0.2) is 0 Å². The molecular formula is C4H2Cl4O2. The van der Waals surface area contributed by atoms with Crippen molar-refractivity contribution in [1.82, 2.24) is 0 Å². The maximum atomic E-state index is 10.1. The number of hydrogen-bond donors (Lipinski definition) is 0. The molecule has 0 radical (unpaired) electrons. The van der Waals surface area contributed by atoms with Crippen LogP contribution in [0, 0.1) is 0 Å². The monoisotopic (exact) mass is 222 g/mol. The third-order valence-electron chi connectivity index (χ3n) is 0.798. The van der Waals surface area contributed by atoms with Crippen molar-refractivity contribution >= 4 is 48.0 Å². The van der Waals surface area contributed by atoms with Crippen LogP contribution in [0.5, 0.6) is 0 Å². The zero-order chi connectivity index (χ0) is 6.31. The van der Waals surface area contributed by atoms with Crippen LogP contribution in [0.25, 0.3) is 0 Å². The first kappa shape index (κ1) is 12.9. The van der Waals surface area contributed by atoms with E-state index in [-0.39, 0.29) is 34.9 Å².